The van der Waals surface area contributed by atoms with Crippen LogP contribution in [0, 0.1) is 0 Å². The van der Waals surface area contributed by atoms with Gasteiger partial charge in [0, 0.05) is 53.9 Å². The van der Waals surface area contributed by atoms with Gasteiger partial charge in [0.2, 0.25) is 5.91 Å². The highest BCUT2D eigenvalue weighted by atomic mass is 19.4. The second kappa shape index (κ2) is 6.71. The van der Waals surface area contributed by atoms with Crippen molar-refractivity contribution in [2.45, 2.75) is 31.5 Å². The number of carbonyl (C=O) groups excluding carboxylic acids is 1. The third-order valence-electron chi connectivity index (χ3n) is 4.74. The predicted molar refractivity (Wildman–Crippen MR) is 95.4 cm³/mol. The highest BCUT2D eigenvalue weighted by Crippen LogP contribution is 2.32. The van der Waals surface area contributed by atoms with E-state index in [9.17, 15) is 18.0 Å². The molecular weight excluding hydrogens is 359 g/mol. The monoisotopic (exact) mass is 377 g/mol. The van der Waals surface area contributed by atoms with Gasteiger partial charge in [0.15, 0.2) is 0 Å². The lowest BCUT2D eigenvalue weighted by molar-refractivity contribution is -0.154. The number of anilines is 1. The average Bonchev–Trinajstić information content (AvgIpc) is 3.08. The Morgan fingerprint density at radius 2 is 2.19 bits per heavy atom. The Bertz CT molecular complexity index is 984. The molecule has 1 aliphatic heterocycles. The first-order valence-electron chi connectivity index (χ1n) is 8.72. The van der Waals surface area contributed by atoms with Crippen LogP contribution in [-0.2, 0) is 4.79 Å². The number of fused-ring (bicyclic) bond motifs is 3. The molecule has 3 aromatic heterocycles. The van der Waals surface area contributed by atoms with Crippen molar-refractivity contribution in [1.29, 1.82) is 0 Å². The van der Waals surface area contributed by atoms with Crippen LogP contribution in [0.3, 0.4) is 0 Å². The number of hydrogen-bond acceptors (Lipinski definition) is 4. The van der Waals surface area contributed by atoms with E-state index >= 15 is 0 Å². The Balaban J connectivity index is 1.60. The van der Waals surface area contributed by atoms with Gasteiger partial charge in [-0.05, 0) is 25.0 Å². The largest absolute Gasteiger partial charge is 0.397 e. The van der Waals surface area contributed by atoms with Crippen LogP contribution in [0.4, 0.5) is 19.0 Å². The van der Waals surface area contributed by atoms with Gasteiger partial charge >= 0.3 is 6.18 Å². The van der Waals surface area contributed by atoms with Crippen molar-refractivity contribution in [2.75, 3.05) is 18.0 Å². The maximum absolute atomic E-state index is 12.4. The molecule has 27 heavy (non-hydrogen) atoms. The summed E-state index contributed by atoms with van der Waals surface area (Å²) in [6.45, 7) is 1.15. The zero-order valence-electron chi connectivity index (χ0n) is 14.4. The van der Waals surface area contributed by atoms with Gasteiger partial charge in [-0.15, -0.1) is 0 Å². The number of alkyl halides is 3. The quantitative estimate of drug-likeness (QED) is 0.735. The number of H-pyrrole nitrogens is 1. The minimum absolute atomic E-state index is 0.339. The maximum Gasteiger partial charge on any atom is 0.397 e. The van der Waals surface area contributed by atoms with Gasteiger partial charge in [0.25, 0.3) is 0 Å². The van der Waals surface area contributed by atoms with Crippen molar-refractivity contribution in [3.63, 3.8) is 0 Å². The molecule has 1 fully saturated rings. The molecule has 1 unspecified atom stereocenters. The molecule has 1 aliphatic rings. The molecule has 2 N–H and O–H groups in total. The van der Waals surface area contributed by atoms with Gasteiger partial charge in [-0.25, -0.2) is 9.97 Å². The van der Waals surface area contributed by atoms with E-state index in [4.69, 9.17) is 0 Å². The van der Waals surface area contributed by atoms with Gasteiger partial charge in [-0.2, -0.15) is 13.2 Å². The molecular formula is C18H18F3N5O. The summed E-state index contributed by atoms with van der Waals surface area (Å²) in [6, 6.07) is 3.47. The lowest BCUT2D eigenvalue weighted by Gasteiger charge is -2.34. The van der Waals surface area contributed by atoms with Gasteiger partial charge in [0.05, 0.1) is 0 Å². The highest BCUT2D eigenvalue weighted by molar-refractivity contribution is 6.10. The molecule has 3 aromatic rings. The number of nitrogens with one attached hydrogen (secondary N) is 2. The summed E-state index contributed by atoms with van der Waals surface area (Å²) in [5, 5.41) is 5.34. The number of carbonyl (C=O) groups is 1. The van der Waals surface area contributed by atoms with E-state index in [2.05, 4.69) is 20.3 Å². The zero-order chi connectivity index (χ0) is 19.0. The molecule has 1 atom stereocenters. The second-order valence-corrected chi connectivity index (χ2v) is 6.74. The molecule has 1 saturated heterocycles. The topological polar surface area (TPSA) is 73.9 Å². The minimum Gasteiger partial charge on any atom is -0.354 e. The van der Waals surface area contributed by atoms with Gasteiger partial charge in [-0.3, -0.25) is 4.79 Å². The summed E-state index contributed by atoms with van der Waals surface area (Å²) in [5.74, 6) is -0.230. The van der Waals surface area contributed by atoms with E-state index in [0.717, 1.165) is 40.6 Å². The highest BCUT2D eigenvalue weighted by Gasteiger charge is 2.33. The van der Waals surface area contributed by atoms with Crippen LogP contribution in [0.25, 0.3) is 21.8 Å². The zero-order valence-corrected chi connectivity index (χ0v) is 14.4. The predicted octanol–water partition coefficient (Wildman–Crippen LogP) is 3.15. The summed E-state index contributed by atoms with van der Waals surface area (Å²) in [5.41, 5.74) is 0.754. The number of amides is 1. The Kier molecular flexibility index (Phi) is 4.37. The lowest BCUT2D eigenvalue weighted by Crippen LogP contribution is -2.48. The van der Waals surface area contributed by atoms with Gasteiger partial charge in [0.1, 0.15) is 17.9 Å². The minimum atomic E-state index is -4.50. The average molecular weight is 377 g/mol. The van der Waals surface area contributed by atoms with Crippen molar-refractivity contribution in [1.82, 2.24) is 20.3 Å². The Labute approximate surface area is 152 Å². The number of aromatic amines is 1. The van der Waals surface area contributed by atoms with Crippen LogP contribution in [0.1, 0.15) is 19.3 Å². The number of nitrogens with zero attached hydrogens (tertiary/aromatic N) is 3. The first-order valence-corrected chi connectivity index (χ1v) is 8.72. The molecule has 0 bridgehead atoms. The number of rotatable bonds is 3. The van der Waals surface area contributed by atoms with Crippen LogP contribution >= 0.6 is 0 Å². The van der Waals surface area contributed by atoms with Crippen molar-refractivity contribution in [2.24, 2.45) is 0 Å². The van der Waals surface area contributed by atoms with E-state index in [1.165, 1.54) is 0 Å². The third kappa shape index (κ3) is 3.67. The number of halogens is 3. The number of aromatic nitrogens is 3. The standard InChI is InChI=1S/C18H18F3N5O/c19-18(20,21)8-14(27)25-12-2-1-7-26(10-12)17-15-11(3-5-23-17)9-24-16-13(15)4-6-22-16/h3-6,9,12H,1-2,7-8,10H2,(H,22,24)(H,25,27). The molecule has 142 valence electrons. The normalized spacial score (nSPS) is 18.2. The molecule has 0 aliphatic carbocycles. The van der Waals surface area contributed by atoms with Gasteiger partial charge < -0.3 is 15.2 Å². The van der Waals surface area contributed by atoms with Crippen LogP contribution < -0.4 is 10.2 Å². The molecule has 0 aromatic carbocycles. The third-order valence-corrected chi connectivity index (χ3v) is 4.74. The van der Waals surface area contributed by atoms with Crippen molar-refractivity contribution >= 4 is 33.5 Å². The first kappa shape index (κ1) is 17.6. The second-order valence-electron chi connectivity index (χ2n) is 6.74. The van der Waals surface area contributed by atoms with Gasteiger partial charge in [-0.1, -0.05) is 0 Å². The summed E-state index contributed by atoms with van der Waals surface area (Å²) in [7, 11) is 0. The summed E-state index contributed by atoms with van der Waals surface area (Å²) < 4.78 is 37.2. The SMILES string of the molecule is O=C(CC(F)(F)F)NC1CCCN(c2nccc3cnc4[nH]ccc4c23)C1. The van der Waals surface area contributed by atoms with Crippen LogP contribution in [0.5, 0.6) is 0 Å². The molecule has 4 heterocycles. The van der Waals surface area contributed by atoms with E-state index in [0.29, 0.717) is 13.0 Å². The Hall–Kier alpha value is -2.84. The fourth-order valence-electron chi connectivity index (χ4n) is 3.64. The Morgan fingerprint density at radius 1 is 1.33 bits per heavy atom. The molecule has 4 rings (SSSR count). The number of piperidine rings is 1. The Morgan fingerprint density at radius 3 is 3.00 bits per heavy atom. The van der Waals surface area contributed by atoms with Crippen molar-refractivity contribution in [3.05, 3.63) is 30.7 Å². The fourth-order valence-corrected chi connectivity index (χ4v) is 3.64. The van der Waals surface area contributed by atoms with Crippen LogP contribution in [0.15, 0.2) is 30.7 Å². The van der Waals surface area contributed by atoms with E-state index in [-0.39, 0.29) is 6.04 Å². The summed E-state index contributed by atoms with van der Waals surface area (Å²) >= 11 is 0. The van der Waals surface area contributed by atoms with Crippen LogP contribution in [-0.4, -0.2) is 46.2 Å². The fraction of sp³-hybridized carbons (Fsp3) is 0.389. The summed E-state index contributed by atoms with van der Waals surface area (Å²) in [4.78, 5) is 25.7. The number of pyridine rings is 2. The lowest BCUT2D eigenvalue weighted by atomic mass is 10.0. The molecule has 9 heteroatoms. The molecule has 0 spiro atoms. The van der Waals surface area contributed by atoms with E-state index < -0.39 is 18.5 Å². The van der Waals surface area contributed by atoms with E-state index in [1.54, 1.807) is 12.4 Å². The van der Waals surface area contributed by atoms with Crippen LogP contribution in [0.2, 0.25) is 0 Å². The summed E-state index contributed by atoms with van der Waals surface area (Å²) in [6.07, 6.45) is 0.733. The maximum atomic E-state index is 12.4. The van der Waals surface area contributed by atoms with Crippen molar-refractivity contribution in [3.8, 4) is 0 Å². The molecule has 0 radical (unpaired) electrons. The molecule has 6 nitrogen and oxygen atoms in total. The smallest absolute Gasteiger partial charge is 0.354 e. The van der Waals surface area contributed by atoms with Crippen molar-refractivity contribution < 1.29 is 18.0 Å². The molecule has 1 amide bonds. The number of hydrogen-bond donors (Lipinski definition) is 2. The first-order chi connectivity index (χ1) is 12.9. The van der Waals surface area contributed by atoms with E-state index in [1.807, 2.05) is 23.2 Å². The molecule has 0 saturated carbocycles.